The zero-order valence-electron chi connectivity index (χ0n) is 17.8. The Hall–Kier alpha value is -1.76. The molecule has 1 aliphatic heterocycles. The molecule has 2 heterocycles. The molecule has 1 spiro atoms. The lowest BCUT2D eigenvalue weighted by molar-refractivity contribution is 0.102. The number of carbonyl (C=O) groups is 1. The molecule has 1 aromatic heterocycles. The summed E-state index contributed by atoms with van der Waals surface area (Å²) in [6.07, 6.45) is 5.02. The van der Waals surface area contributed by atoms with Crippen LogP contribution < -0.4 is 14.9 Å². The molecular weight excluding hydrogens is 416 g/mol. The van der Waals surface area contributed by atoms with E-state index >= 15 is 0 Å². The Morgan fingerprint density at radius 3 is 2.53 bits per heavy atom. The lowest BCUT2D eigenvalue weighted by Crippen LogP contribution is -2.36. The molecule has 1 aliphatic carbocycles. The van der Waals surface area contributed by atoms with Gasteiger partial charge >= 0.3 is 0 Å². The van der Waals surface area contributed by atoms with Crippen molar-refractivity contribution in [3.05, 3.63) is 47.1 Å². The topological polar surface area (TPSA) is 57.3 Å². The third-order valence-electron chi connectivity index (χ3n) is 5.73. The summed E-state index contributed by atoms with van der Waals surface area (Å²) in [7, 11) is 0. The summed E-state index contributed by atoms with van der Waals surface area (Å²) in [5.41, 5.74) is 1.90. The van der Waals surface area contributed by atoms with Crippen LogP contribution in [0.15, 0.2) is 41.3 Å². The summed E-state index contributed by atoms with van der Waals surface area (Å²) in [5.74, 6) is 0.530. The average Bonchev–Trinajstić information content (AvgIpc) is 3.45. The molecule has 0 radical (unpaired) electrons. The third kappa shape index (κ3) is 5.29. The van der Waals surface area contributed by atoms with Gasteiger partial charge in [0.05, 0.1) is 5.56 Å². The van der Waals surface area contributed by atoms with Crippen LogP contribution in [-0.4, -0.2) is 29.5 Å². The Morgan fingerprint density at radius 1 is 1.13 bits per heavy atom. The molecule has 2 N–H and O–H groups in total. The molecule has 1 saturated carbocycles. The fourth-order valence-electron chi connectivity index (χ4n) is 3.76. The van der Waals surface area contributed by atoms with Gasteiger partial charge in [-0.25, -0.2) is 4.98 Å². The number of amides is 1. The second kappa shape index (κ2) is 8.40. The maximum absolute atomic E-state index is 13.1. The number of piperidine rings is 1. The lowest BCUT2D eigenvalue weighted by Gasteiger charge is -2.33. The fourth-order valence-corrected chi connectivity index (χ4v) is 4.66. The summed E-state index contributed by atoms with van der Waals surface area (Å²) in [4.78, 5) is 20.9. The number of rotatable bonds is 5. The normalized spacial score (nSPS) is 17.8. The summed E-state index contributed by atoms with van der Waals surface area (Å²) < 4.78 is 3.39. The first kappa shape index (κ1) is 21.5. The minimum Gasteiger partial charge on any atom is -0.356 e. The standard InChI is InChI=1S/C23H29ClN4OS/c1-22(2,3)27-30-17-6-4-5-16(15-17)25-21(29)18-7-8-19(24)26-20(18)28-13-11-23(9-10-23)12-14-28/h4-8,15,27H,9-14H2,1-3H3,(H,25,29). The van der Waals surface area contributed by atoms with Crippen molar-refractivity contribution >= 4 is 41.0 Å². The fraction of sp³-hybridized carbons (Fsp3) is 0.478. The molecule has 0 unspecified atom stereocenters. The van der Waals surface area contributed by atoms with Gasteiger partial charge in [0.1, 0.15) is 11.0 Å². The van der Waals surface area contributed by atoms with Crippen LogP contribution in [0.3, 0.4) is 0 Å². The predicted octanol–water partition coefficient (Wildman–Crippen LogP) is 5.76. The third-order valence-corrected chi connectivity index (χ3v) is 7.15. The van der Waals surface area contributed by atoms with E-state index in [2.05, 4.69) is 40.7 Å². The summed E-state index contributed by atoms with van der Waals surface area (Å²) in [6, 6.07) is 11.3. The maximum Gasteiger partial charge on any atom is 0.259 e. The van der Waals surface area contributed by atoms with Crippen molar-refractivity contribution in [2.75, 3.05) is 23.3 Å². The van der Waals surface area contributed by atoms with Crippen molar-refractivity contribution in [3.8, 4) is 0 Å². The largest absolute Gasteiger partial charge is 0.356 e. The average molecular weight is 445 g/mol. The van der Waals surface area contributed by atoms with Gasteiger partial charge in [-0.3, -0.25) is 9.52 Å². The Kier molecular flexibility index (Phi) is 6.02. The van der Waals surface area contributed by atoms with Crippen LogP contribution in [-0.2, 0) is 0 Å². The van der Waals surface area contributed by atoms with E-state index in [4.69, 9.17) is 11.6 Å². The lowest BCUT2D eigenvalue weighted by atomic mass is 9.93. The minimum atomic E-state index is -0.160. The predicted molar refractivity (Wildman–Crippen MR) is 126 cm³/mol. The van der Waals surface area contributed by atoms with Crippen LogP contribution in [0.25, 0.3) is 0 Å². The minimum absolute atomic E-state index is 0.00128. The number of halogens is 1. The van der Waals surface area contributed by atoms with Crippen molar-refractivity contribution in [2.45, 2.75) is 56.9 Å². The van der Waals surface area contributed by atoms with E-state index in [1.165, 1.54) is 25.7 Å². The number of aromatic nitrogens is 1. The van der Waals surface area contributed by atoms with Gasteiger partial charge in [-0.1, -0.05) is 17.7 Å². The molecule has 2 aliphatic rings. The highest BCUT2D eigenvalue weighted by Crippen LogP contribution is 2.54. The van der Waals surface area contributed by atoms with E-state index < -0.39 is 0 Å². The van der Waals surface area contributed by atoms with Crippen LogP contribution in [0.5, 0.6) is 0 Å². The highest BCUT2D eigenvalue weighted by atomic mass is 35.5. The zero-order chi connectivity index (χ0) is 21.4. The highest BCUT2D eigenvalue weighted by molar-refractivity contribution is 7.97. The summed E-state index contributed by atoms with van der Waals surface area (Å²) >= 11 is 7.74. The van der Waals surface area contributed by atoms with Gasteiger partial charge < -0.3 is 10.2 Å². The van der Waals surface area contributed by atoms with Crippen LogP contribution in [0.1, 0.15) is 56.8 Å². The number of hydrogen-bond donors (Lipinski definition) is 2. The van der Waals surface area contributed by atoms with Crippen molar-refractivity contribution in [1.29, 1.82) is 0 Å². The Bertz CT molecular complexity index is 929. The van der Waals surface area contributed by atoms with E-state index in [-0.39, 0.29) is 11.4 Å². The van der Waals surface area contributed by atoms with Gasteiger partial charge in [-0.05, 0) is 94.1 Å². The van der Waals surface area contributed by atoms with E-state index in [0.717, 1.165) is 23.7 Å². The number of carbonyl (C=O) groups excluding carboxylic acids is 1. The Morgan fingerprint density at radius 2 is 1.87 bits per heavy atom. The first-order chi connectivity index (χ1) is 14.2. The molecule has 2 aromatic rings. The van der Waals surface area contributed by atoms with E-state index in [1.54, 1.807) is 24.1 Å². The molecule has 1 aromatic carbocycles. The molecule has 30 heavy (non-hydrogen) atoms. The molecule has 0 bridgehead atoms. The molecule has 2 fully saturated rings. The second-order valence-electron chi connectivity index (χ2n) is 9.43. The van der Waals surface area contributed by atoms with Crippen LogP contribution >= 0.6 is 23.5 Å². The first-order valence-corrected chi connectivity index (χ1v) is 11.7. The number of nitrogens with one attached hydrogen (secondary N) is 2. The van der Waals surface area contributed by atoms with Gasteiger partial charge in [0, 0.05) is 29.2 Å². The van der Waals surface area contributed by atoms with Crippen molar-refractivity contribution < 1.29 is 4.79 Å². The summed E-state index contributed by atoms with van der Waals surface area (Å²) in [5, 5.41) is 3.45. The van der Waals surface area contributed by atoms with Crippen molar-refractivity contribution in [1.82, 2.24) is 9.71 Å². The molecule has 160 valence electrons. The molecule has 1 saturated heterocycles. The van der Waals surface area contributed by atoms with E-state index in [1.807, 2.05) is 24.3 Å². The molecular formula is C23H29ClN4OS. The van der Waals surface area contributed by atoms with Gasteiger partial charge in [0.15, 0.2) is 0 Å². The quantitative estimate of drug-likeness (QED) is 0.453. The maximum atomic E-state index is 13.1. The number of anilines is 2. The zero-order valence-corrected chi connectivity index (χ0v) is 19.4. The number of pyridine rings is 1. The monoisotopic (exact) mass is 444 g/mol. The Labute approximate surface area is 188 Å². The van der Waals surface area contributed by atoms with Gasteiger partial charge in [0.25, 0.3) is 5.91 Å². The van der Waals surface area contributed by atoms with Gasteiger partial charge in [-0.2, -0.15) is 0 Å². The van der Waals surface area contributed by atoms with Crippen molar-refractivity contribution in [3.63, 3.8) is 0 Å². The molecule has 5 nitrogen and oxygen atoms in total. The van der Waals surface area contributed by atoms with Crippen LogP contribution in [0, 0.1) is 5.41 Å². The second-order valence-corrected chi connectivity index (χ2v) is 10.7. The van der Waals surface area contributed by atoms with Crippen LogP contribution in [0.4, 0.5) is 11.5 Å². The number of nitrogens with zero attached hydrogens (tertiary/aromatic N) is 2. The van der Waals surface area contributed by atoms with E-state index in [0.29, 0.717) is 21.9 Å². The molecule has 0 atom stereocenters. The van der Waals surface area contributed by atoms with Crippen LogP contribution in [0.2, 0.25) is 5.15 Å². The SMILES string of the molecule is CC(C)(C)NSc1cccc(NC(=O)c2ccc(Cl)nc2N2CCC3(CC2)CC3)c1. The van der Waals surface area contributed by atoms with Gasteiger partial charge in [-0.15, -0.1) is 0 Å². The molecule has 7 heteroatoms. The summed E-state index contributed by atoms with van der Waals surface area (Å²) in [6.45, 7) is 8.21. The number of hydrogen-bond acceptors (Lipinski definition) is 5. The van der Waals surface area contributed by atoms with Crippen molar-refractivity contribution in [2.24, 2.45) is 5.41 Å². The molecule has 4 rings (SSSR count). The molecule has 1 amide bonds. The first-order valence-electron chi connectivity index (χ1n) is 10.5. The van der Waals surface area contributed by atoms with Gasteiger partial charge in [0.2, 0.25) is 0 Å². The smallest absolute Gasteiger partial charge is 0.259 e. The highest BCUT2D eigenvalue weighted by Gasteiger charge is 2.44. The Balaban J connectivity index is 1.48. The number of benzene rings is 1. The van der Waals surface area contributed by atoms with E-state index in [9.17, 15) is 4.79 Å².